The van der Waals surface area contributed by atoms with Crippen LogP contribution in [0.25, 0.3) is 0 Å². The minimum absolute atomic E-state index is 0. The molecule has 10 atom stereocenters. The lowest BCUT2D eigenvalue weighted by molar-refractivity contribution is -0.169. The highest BCUT2D eigenvalue weighted by molar-refractivity contribution is 5.99. The Morgan fingerprint density at radius 3 is 0.484 bits per heavy atom. The Morgan fingerprint density at radius 2 is 0.328 bits per heavy atom. The molecule has 0 aromatic rings. The van der Waals surface area contributed by atoms with Crippen LogP contribution in [-0.4, -0.2) is 392 Å². The van der Waals surface area contributed by atoms with Crippen molar-refractivity contribution in [2.45, 2.75) is 229 Å². The summed E-state index contributed by atoms with van der Waals surface area (Å²) in [4.78, 5) is 243. The number of hydrogen-bond acceptors (Lipinski definition) is 49. The zero-order valence-corrected chi connectivity index (χ0v) is 73.5. The highest BCUT2D eigenvalue weighted by Crippen LogP contribution is 2.08. The summed E-state index contributed by atoms with van der Waals surface area (Å²) in [7, 11) is 0. The van der Waals surface area contributed by atoms with Crippen LogP contribution >= 0.6 is 0 Å². The normalized spacial score (nSPS) is 12.5. The van der Waals surface area contributed by atoms with E-state index in [9.17, 15) is 126 Å². The van der Waals surface area contributed by atoms with Gasteiger partial charge < -0.3 is 132 Å². The molecule has 0 bridgehead atoms. The summed E-state index contributed by atoms with van der Waals surface area (Å²) in [5.41, 5.74) is 0. The average Bonchev–Trinajstić information content (AvgIpc) is 0.921. The van der Waals surface area contributed by atoms with Crippen LogP contribution in [0.1, 0.15) is 168 Å². The molecule has 0 aliphatic heterocycles. The van der Waals surface area contributed by atoms with Gasteiger partial charge in [0.15, 0.2) is 18.3 Å². The van der Waals surface area contributed by atoms with Crippen molar-refractivity contribution in [1.82, 2.24) is 0 Å². The van der Waals surface area contributed by atoms with Crippen molar-refractivity contribution in [3.63, 3.8) is 0 Å². The molecule has 0 aliphatic rings. The largest absolute Gasteiger partial charge is 0.466 e. The van der Waals surface area contributed by atoms with E-state index in [0.717, 1.165) is 0 Å². The predicted octanol–water partition coefficient (Wildman–Crippen LogP) is -4.99. The summed E-state index contributed by atoms with van der Waals surface area (Å²) in [5, 5.41) is 97.0. The van der Waals surface area contributed by atoms with Gasteiger partial charge in [0, 0.05) is 6.61 Å². The Kier molecular flexibility index (Phi) is 89.9. The van der Waals surface area contributed by atoms with Crippen molar-refractivity contribution < 1.29 is 237 Å². The van der Waals surface area contributed by atoms with Gasteiger partial charge in [-0.05, 0) is 90.0 Å². The minimum Gasteiger partial charge on any atom is -0.466 e. The second-order valence-corrected chi connectivity index (χ2v) is 26.7. The molecule has 0 rings (SSSR count). The molecule has 11 N–H and O–H groups in total. The number of esters is 11. The van der Waals surface area contributed by atoms with E-state index in [1.807, 2.05) is 0 Å². The van der Waals surface area contributed by atoms with Gasteiger partial charge in [-0.15, -0.1) is 0 Å². The first-order chi connectivity index (χ1) is 59.2. The first kappa shape index (κ1) is 133. The van der Waals surface area contributed by atoms with Crippen LogP contribution in [0.4, 0.5) is 0 Å². The summed E-state index contributed by atoms with van der Waals surface area (Å²) in [6, 6.07) is 0. The van der Waals surface area contributed by atoms with Gasteiger partial charge in [0.25, 0.3) is 0 Å². The fourth-order valence-electron chi connectivity index (χ4n) is 7.19. The molecule has 10 unspecified atom stereocenters. The number of Topliss-reactive ketones (excluding diaryl/α,β-unsaturated/α-hetero) is 11. The molecular weight excluding hydrogens is 1730 g/mol. The van der Waals surface area contributed by atoms with Gasteiger partial charge in [0.1, 0.15) is 223 Å². The third kappa shape index (κ3) is 106. The van der Waals surface area contributed by atoms with Crippen molar-refractivity contribution in [2.75, 3.05) is 145 Å². The van der Waals surface area contributed by atoms with Crippen molar-refractivity contribution in [2.24, 2.45) is 0 Å². The molecule has 49 nitrogen and oxygen atoms in total. The van der Waals surface area contributed by atoms with E-state index >= 15 is 0 Å². The third-order valence-corrected chi connectivity index (χ3v) is 12.3. The lowest BCUT2D eigenvalue weighted by Gasteiger charge is -2.21. The molecule has 49 heteroatoms. The molecule has 0 saturated heterocycles. The van der Waals surface area contributed by atoms with Crippen molar-refractivity contribution in [1.29, 1.82) is 0 Å². The van der Waals surface area contributed by atoms with E-state index in [-0.39, 0.29) is 168 Å². The number of ether oxygens (including phenoxy) is 16. The maximum atomic E-state index is 11.8. The van der Waals surface area contributed by atoms with Gasteiger partial charge >= 0.3 is 65.7 Å². The zero-order chi connectivity index (χ0) is 99.1. The SMILES string of the molecule is C.CC(=O)CC(=O)OCC(COCC(COC(=O)CC(C)=O)OC(=O)CC(C)=O)OC(=O)CC(C)=O.CC(=O)CC(=O)OCC(O)COCC(COC(=O)CC(C)=O)OC(=O)CC(C)=O.CC(=O)CC(=O)OCC(O)COCC(O)CO.CC(=O)CC(=O)OCC(O)COCC(O)COC(=O)CC(C)=O.CCO.CCOC(=O)CC(C)=O.OCC(O)COCC(O)CO. The fourth-order valence-corrected chi connectivity index (χ4v) is 7.19. The van der Waals surface area contributed by atoms with Crippen molar-refractivity contribution in [3.8, 4) is 0 Å². The van der Waals surface area contributed by atoms with Gasteiger partial charge in [0.05, 0.1) is 92.5 Å². The van der Waals surface area contributed by atoms with Gasteiger partial charge in [-0.2, -0.15) is 0 Å². The molecule has 0 spiro atoms. The number of aliphatic hydroxyl groups is 11. The average molecular weight is 1860 g/mol. The lowest BCUT2D eigenvalue weighted by Crippen LogP contribution is -2.34. The highest BCUT2D eigenvalue weighted by Gasteiger charge is 2.26. The van der Waals surface area contributed by atoms with Gasteiger partial charge in [-0.25, -0.2) is 0 Å². The summed E-state index contributed by atoms with van der Waals surface area (Å²) in [6.07, 6.45) is -15.3. The van der Waals surface area contributed by atoms with E-state index in [1.54, 1.807) is 13.8 Å². The van der Waals surface area contributed by atoms with Crippen LogP contribution in [0.5, 0.6) is 0 Å². The van der Waals surface area contributed by atoms with Crippen LogP contribution < -0.4 is 0 Å². The van der Waals surface area contributed by atoms with Crippen LogP contribution in [0.2, 0.25) is 0 Å². The maximum absolute atomic E-state index is 11.8. The summed E-state index contributed by atoms with van der Waals surface area (Å²) < 4.78 is 77.8. The second-order valence-electron chi connectivity index (χ2n) is 26.7. The summed E-state index contributed by atoms with van der Waals surface area (Å²) in [5.74, 6) is -12.8. The molecule has 0 heterocycles. The smallest absolute Gasteiger partial charge is 0.313 e. The zero-order valence-electron chi connectivity index (χ0n) is 73.5. The Balaban J connectivity index is -0.000000234. The van der Waals surface area contributed by atoms with Gasteiger partial charge in [0.2, 0.25) is 0 Å². The molecule has 0 aromatic heterocycles. The Bertz CT molecular complexity index is 3180. The van der Waals surface area contributed by atoms with Crippen LogP contribution in [-0.2, 0) is 181 Å². The quantitative estimate of drug-likeness (QED) is 0.0154. The summed E-state index contributed by atoms with van der Waals surface area (Å²) >= 11 is 0. The monoisotopic (exact) mass is 1860 g/mol. The first-order valence-corrected chi connectivity index (χ1v) is 38.6. The number of carbonyl (C=O) groups excluding carboxylic acids is 22. The molecule has 128 heavy (non-hydrogen) atoms. The summed E-state index contributed by atoms with van der Waals surface area (Å²) in [6.45, 7) is 11.4. The number of carbonyl (C=O) groups is 22. The third-order valence-electron chi connectivity index (χ3n) is 12.3. The maximum Gasteiger partial charge on any atom is 0.313 e. The second kappa shape index (κ2) is 86.3. The van der Waals surface area contributed by atoms with Gasteiger partial charge in [-0.1, -0.05) is 7.43 Å². The van der Waals surface area contributed by atoms with E-state index < -0.39 is 239 Å². The van der Waals surface area contributed by atoms with Crippen LogP contribution in [0.15, 0.2) is 0 Å². The first-order valence-electron chi connectivity index (χ1n) is 38.6. The van der Waals surface area contributed by atoms with E-state index in [1.165, 1.54) is 76.2 Å². The molecule has 0 aliphatic carbocycles. The Morgan fingerprint density at radius 1 is 0.195 bits per heavy atom. The molecule has 0 amide bonds. The standard InChI is InChI=1S/C22H30O13.C18H26O11.C14H22O9.C10H18O7.C6H14O5.C6H10O3.C2H6O.CH4/c1-13(23)5-19(27)32-11-17(34-21(29)7-15(3)25)9-31-10-18(35-22(30)8-16(4)26)12-33-20(28)6-14(2)24;1-11(19)4-16(23)27-8-14(22)7-26-9-15(29-18(25)6-13(3)21)10-28-17(24)5-12(2)20;1-9(15)3-13(19)22-7-11(17)5-21-6-12(18)8-23-14(20)4-10(2)16;1-7(12)2-10(15)17-6-9(14)5-16-4-8(13)3-11;7-1-5(9)3-11-4-6(10)2-8;1-3-9-6(8)4-5(2)7;1-2-3;/h17-18H,5-12H2,1-4H3;14-15,22H,4-10H2,1-3H3;11-12,17-18H,3-8H2,1-2H3;8-9,11,13-14H,2-6H2,1H3;5-10H,1-4H2;3-4H2,1-2H3;3H,2H2,1H3;1H4. The Labute approximate surface area is 738 Å². The van der Waals surface area contributed by atoms with Gasteiger partial charge in [-0.3, -0.25) is 105 Å². The van der Waals surface area contributed by atoms with E-state index in [2.05, 4.69) is 23.7 Å². The molecule has 740 valence electrons. The highest BCUT2D eigenvalue weighted by atomic mass is 16.6. The molecule has 0 aromatic carbocycles. The molecule has 0 fully saturated rings. The molecule has 0 saturated carbocycles. The van der Waals surface area contributed by atoms with Crippen molar-refractivity contribution >= 4 is 129 Å². The van der Waals surface area contributed by atoms with Crippen LogP contribution in [0, 0.1) is 0 Å². The van der Waals surface area contributed by atoms with E-state index in [0.29, 0.717) is 6.61 Å². The number of hydrogen-bond donors (Lipinski definition) is 11. The van der Waals surface area contributed by atoms with Crippen LogP contribution in [0.3, 0.4) is 0 Å². The number of ketones is 11. The predicted molar refractivity (Wildman–Crippen MR) is 428 cm³/mol. The van der Waals surface area contributed by atoms with Crippen molar-refractivity contribution in [3.05, 3.63) is 0 Å². The van der Waals surface area contributed by atoms with E-state index in [4.69, 9.17) is 87.9 Å². The molecular formula is C79H130O49. The fraction of sp³-hybridized carbons (Fsp3) is 0.722. The number of rotatable bonds is 63. The minimum atomic E-state index is -1.21. The Hall–Kier alpha value is -10.1. The molecule has 0 radical (unpaired) electrons. The number of aliphatic hydroxyl groups excluding tert-OH is 11. The topological polar surface area (TPSA) is 746 Å². The lowest BCUT2D eigenvalue weighted by atomic mass is 10.3.